The van der Waals surface area contributed by atoms with E-state index in [4.69, 9.17) is 10.00 Å². The third-order valence-corrected chi connectivity index (χ3v) is 3.93. The molecular formula is C13H21N3O2. The molecule has 100 valence electrons. The Morgan fingerprint density at radius 1 is 1.28 bits per heavy atom. The highest BCUT2D eigenvalue weighted by atomic mass is 16.5. The van der Waals surface area contributed by atoms with Crippen molar-refractivity contribution >= 4 is 5.91 Å². The largest absolute Gasteiger partial charge is 0.381 e. The maximum atomic E-state index is 12.3. The lowest BCUT2D eigenvalue weighted by molar-refractivity contribution is -0.140. The van der Waals surface area contributed by atoms with Gasteiger partial charge in [-0.25, -0.2) is 0 Å². The third kappa shape index (κ3) is 3.01. The van der Waals surface area contributed by atoms with E-state index < -0.39 is 0 Å². The summed E-state index contributed by atoms with van der Waals surface area (Å²) >= 11 is 0. The minimum Gasteiger partial charge on any atom is -0.381 e. The van der Waals surface area contributed by atoms with Crippen molar-refractivity contribution in [2.75, 3.05) is 39.4 Å². The lowest BCUT2D eigenvalue weighted by Gasteiger charge is -2.38. The zero-order valence-corrected chi connectivity index (χ0v) is 11.0. The van der Waals surface area contributed by atoms with E-state index in [9.17, 15) is 4.79 Å². The van der Waals surface area contributed by atoms with Crippen molar-refractivity contribution in [3.05, 3.63) is 0 Å². The maximum absolute atomic E-state index is 12.3. The van der Waals surface area contributed by atoms with Gasteiger partial charge in [-0.05, 0) is 19.8 Å². The number of nitrogens with zero attached hydrogens (tertiary/aromatic N) is 3. The Labute approximate surface area is 108 Å². The van der Waals surface area contributed by atoms with Crippen molar-refractivity contribution in [1.82, 2.24) is 9.80 Å². The average Bonchev–Trinajstić information content (AvgIpc) is 2.47. The minimum absolute atomic E-state index is 0.0506. The summed E-state index contributed by atoms with van der Waals surface area (Å²) < 4.78 is 5.29. The fourth-order valence-electron chi connectivity index (χ4n) is 2.61. The maximum Gasteiger partial charge on any atom is 0.225 e. The summed E-state index contributed by atoms with van der Waals surface area (Å²) in [5, 5.41) is 8.88. The molecule has 1 amide bonds. The summed E-state index contributed by atoms with van der Waals surface area (Å²) in [6.45, 7) is 6.46. The van der Waals surface area contributed by atoms with Crippen LogP contribution in [0.25, 0.3) is 0 Å². The van der Waals surface area contributed by atoms with Crippen LogP contribution in [-0.4, -0.2) is 61.1 Å². The van der Waals surface area contributed by atoms with Crippen LogP contribution in [0.1, 0.15) is 19.8 Å². The molecule has 0 saturated carbocycles. The second-order valence-electron chi connectivity index (χ2n) is 5.05. The highest BCUT2D eigenvalue weighted by molar-refractivity contribution is 5.79. The predicted molar refractivity (Wildman–Crippen MR) is 66.8 cm³/mol. The molecule has 2 rings (SSSR count). The van der Waals surface area contributed by atoms with Gasteiger partial charge in [0.15, 0.2) is 0 Å². The minimum atomic E-state index is -0.0506. The first kappa shape index (κ1) is 13.3. The van der Waals surface area contributed by atoms with Crippen LogP contribution in [0, 0.1) is 17.2 Å². The first-order valence-electron chi connectivity index (χ1n) is 6.72. The standard InChI is InChI=1S/C13H21N3O2/c1-11(10-14)15-4-6-16(7-5-15)13(17)12-2-8-18-9-3-12/h11-12H,2-9H2,1H3. The smallest absolute Gasteiger partial charge is 0.225 e. The highest BCUT2D eigenvalue weighted by Gasteiger charge is 2.29. The fourth-order valence-corrected chi connectivity index (χ4v) is 2.61. The lowest BCUT2D eigenvalue weighted by Crippen LogP contribution is -2.52. The first-order chi connectivity index (χ1) is 8.72. The molecule has 0 aromatic heterocycles. The number of piperazine rings is 1. The predicted octanol–water partition coefficient (Wildman–Crippen LogP) is 0.469. The number of carbonyl (C=O) groups is 1. The van der Waals surface area contributed by atoms with E-state index in [0.29, 0.717) is 13.2 Å². The molecule has 2 heterocycles. The molecule has 1 atom stereocenters. The van der Waals surface area contributed by atoms with Crippen molar-refractivity contribution in [2.24, 2.45) is 5.92 Å². The highest BCUT2D eigenvalue weighted by Crippen LogP contribution is 2.19. The van der Waals surface area contributed by atoms with Crippen LogP contribution in [0.5, 0.6) is 0 Å². The van der Waals surface area contributed by atoms with Gasteiger partial charge in [-0.3, -0.25) is 9.69 Å². The van der Waals surface area contributed by atoms with Gasteiger partial charge in [-0.15, -0.1) is 0 Å². The van der Waals surface area contributed by atoms with Crippen molar-refractivity contribution in [1.29, 1.82) is 5.26 Å². The second kappa shape index (κ2) is 6.17. The van der Waals surface area contributed by atoms with E-state index in [2.05, 4.69) is 11.0 Å². The summed E-state index contributed by atoms with van der Waals surface area (Å²) in [4.78, 5) is 16.4. The summed E-state index contributed by atoms with van der Waals surface area (Å²) in [5.74, 6) is 0.432. The van der Waals surface area contributed by atoms with Gasteiger partial charge in [-0.2, -0.15) is 5.26 Å². The van der Waals surface area contributed by atoms with E-state index in [1.807, 2.05) is 11.8 Å². The van der Waals surface area contributed by atoms with Crippen LogP contribution < -0.4 is 0 Å². The van der Waals surface area contributed by atoms with Crippen LogP contribution in [0.4, 0.5) is 0 Å². The van der Waals surface area contributed by atoms with E-state index in [1.54, 1.807) is 0 Å². The number of nitriles is 1. The molecule has 2 saturated heterocycles. The zero-order valence-electron chi connectivity index (χ0n) is 11.0. The van der Waals surface area contributed by atoms with Crippen molar-refractivity contribution in [3.8, 4) is 6.07 Å². The first-order valence-corrected chi connectivity index (χ1v) is 6.72. The van der Waals surface area contributed by atoms with Gasteiger partial charge >= 0.3 is 0 Å². The Morgan fingerprint density at radius 2 is 1.89 bits per heavy atom. The molecular weight excluding hydrogens is 230 g/mol. The molecule has 5 nitrogen and oxygen atoms in total. The Balaban J connectivity index is 1.82. The van der Waals surface area contributed by atoms with Crippen LogP contribution >= 0.6 is 0 Å². The molecule has 2 fully saturated rings. The molecule has 0 N–H and O–H groups in total. The second-order valence-corrected chi connectivity index (χ2v) is 5.05. The van der Waals surface area contributed by atoms with Crippen molar-refractivity contribution in [2.45, 2.75) is 25.8 Å². The number of ether oxygens (including phenoxy) is 1. The van der Waals surface area contributed by atoms with Crippen LogP contribution in [0.3, 0.4) is 0 Å². The summed E-state index contributed by atoms with van der Waals surface area (Å²) in [6.07, 6.45) is 1.71. The van der Waals surface area contributed by atoms with E-state index >= 15 is 0 Å². The van der Waals surface area contributed by atoms with Crippen LogP contribution in [0.2, 0.25) is 0 Å². The van der Waals surface area contributed by atoms with E-state index in [1.165, 1.54) is 0 Å². The van der Waals surface area contributed by atoms with E-state index in [0.717, 1.165) is 39.0 Å². The topological polar surface area (TPSA) is 56.6 Å². The van der Waals surface area contributed by atoms with Gasteiger partial charge in [0.2, 0.25) is 5.91 Å². The van der Waals surface area contributed by atoms with Gasteiger partial charge < -0.3 is 9.64 Å². The van der Waals surface area contributed by atoms with Gasteiger partial charge in [-0.1, -0.05) is 0 Å². The van der Waals surface area contributed by atoms with Crippen LogP contribution in [-0.2, 0) is 9.53 Å². The fraction of sp³-hybridized carbons (Fsp3) is 0.846. The lowest BCUT2D eigenvalue weighted by atomic mass is 9.98. The third-order valence-electron chi connectivity index (χ3n) is 3.93. The monoisotopic (exact) mass is 251 g/mol. The van der Waals surface area contributed by atoms with E-state index in [-0.39, 0.29) is 17.9 Å². The molecule has 0 aliphatic carbocycles. The van der Waals surface area contributed by atoms with Gasteiger partial charge in [0, 0.05) is 45.3 Å². The molecule has 1 unspecified atom stereocenters. The molecule has 2 aliphatic heterocycles. The number of rotatable bonds is 2. The molecule has 0 radical (unpaired) electrons. The molecule has 2 aliphatic rings. The summed E-state index contributed by atoms with van der Waals surface area (Å²) in [6, 6.07) is 2.20. The molecule has 5 heteroatoms. The average molecular weight is 251 g/mol. The normalized spacial score (nSPS) is 24.6. The zero-order chi connectivity index (χ0) is 13.0. The van der Waals surface area contributed by atoms with Gasteiger partial charge in [0.05, 0.1) is 12.1 Å². The van der Waals surface area contributed by atoms with Crippen molar-refractivity contribution < 1.29 is 9.53 Å². The van der Waals surface area contributed by atoms with Gasteiger partial charge in [0.25, 0.3) is 0 Å². The molecule has 0 spiro atoms. The quantitative estimate of drug-likeness (QED) is 0.716. The van der Waals surface area contributed by atoms with Crippen molar-refractivity contribution in [3.63, 3.8) is 0 Å². The molecule has 0 aromatic carbocycles. The molecule has 0 bridgehead atoms. The summed E-state index contributed by atoms with van der Waals surface area (Å²) in [5.41, 5.74) is 0. The number of carbonyl (C=O) groups excluding carboxylic acids is 1. The number of amides is 1. The van der Waals surface area contributed by atoms with Crippen LogP contribution in [0.15, 0.2) is 0 Å². The Kier molecular flexibility index (Phi) is 4.56. The SMILES string of the molecule is CC(C#N)N1CCN(C(=O)C2CCOCC2)CC1. The molecule has 0 aromatic rings. The Bertz CT molecular complexity index is 326. The Hall–Kier alpha value is -1.12. The molecule has 18 heavy (non-hydrogen) atoms. The van der Waals surface area contributed by atoms with Gasteiger partial charge in [0.1, 0.15) is 0 Å². The number of hydrogen-bond acceptors (Lipinski definition) is 4. The number of hydrogen-bond donors (Lipinski definition) is 0. The Morgan fingerprint density at radius 3 is 2.44 bits per heavy atom. The summed E-state index contributed by atoms with van der Waals surface area (Å²) in [7, 11) is 0.